The zero-order valence-corrected chi connectivity index (χ0v) is 27.1. The van der Waals surface area contributed by atoms with Gasteiger partial charge in [-0.1, -0.05) is 32.3 Å². The number of piperazine rings is 1. The second kappa shape index (κ2) is 16.1. The number of hydrogen-bond donors (Lipinski definition) is 3. The van der Waals surface area contributed by atoms with Gasteiger partial charge < -0.3 is 30.5 Å². The van der Waals surface area contributed by atoms with Gasteiger partial charge in [-0.15, -0.1) is 0 Å². The molecule has 2 fully saturated rings. The molecule has 2 aromatic carbocycles. The van der Waals surface area contributed by atoms with Crippen molar-refractivity contribution in [2.45, 2.75) is 69.9 Å². The van der Waals surface area contributed by atoms with E-state index in [2.05, 4.69) is 20.9 Å². The van der Waals surface area contributed by atoms with Crippen molar-refractivity contribution in [3.8, 4) is 5.75 Å². The summed E-state index contributed by atoms with van der Waals surface area (Å²) in [6, 6.07) is 6.62. The summed E-state index contributed by atoms with van der Waals surface area (Å²) in [4.78, 5) is 55.7. The summed E-state index contributed by atoms with van der Waals surface area (Å²) >= 11 is 0. The zero-order chi connectivity index (χ0) is 34.1. The number of nitrogens with one attached hydrogen (secondary N) is 3. The first-order valence-electron chi connectivity index (χ1n) is 16.1. The third-order valence-electron chi connectivity index (χ3n) is 8.93. The van der Waals surface area contributed by atoms with Crippen LogP contribution in [-0.2, 0) is 31.5 Å². The predicted octanol–water partition coefficient (Wildman–Crippen LogP) is 3.84. The number of rotatable bonds is 12. The summed E-state index contributed by atoms with van der Waals surface area (Å²) in [5, 5.41) is 7.49. The standard InChI is InChI=1S/C34H44F3N5O5/c1-4-29(43)38-28(32(45)42-18-16-41(2)17-19-42)21-22-10-15-27(26(35)20-22)39-31(44)30(23-8-6-5-7-9-23)40-33(46)34(36,37)24-11-13-25(47-3)14-12-24/h10-15,20,23,28,30H,4-9,16-19,21H2,1-3H3,(H,38,43)(H,39,44)(H,40,46)/t28-,30+/m1/s1. The fourth-order valence-electron chi connectivity index (χ4n) is 6.01. The average Bonchev–Trinajstić information content (AvgIpc) is 3.08. The zero-order valence-electron chi connectivity index (χ0n) is 27.1. The van der Waals surface area contributed by atoms with E-state index in [-0.39, 0.29) is 30.3 Å². The van der Waals surface area contributed by atoms with Crippen LogP contribution in [0.15, 0.2) is 42.5 Å². The van der Waals surface area contributed by atoms with Crippen molar-refractivity contribution in [1.82, 2.24) is 20.4 Å². The summed E-state index contributed by atoms with van der Waals surface area (Å²) in [6.07, 6.45) is 3.75. The number of hydrogen-bond acceptors (Lipinski definition) is 6. The number of nitrogens with zero attached hydrogens (tertiary/aromatic N) is 2. The molecule has 2 aliphatic rings. The number of anilines is 1. The van der Waals surface area contributed by atoms with Crippen molar-refractivity contribution in [2.24, 2.45) is 5.92 Å². The van der Waals surface area contributed by atoms with E-state index >= 15 is 13.2 Å². The molecule has 0 spiro atoms. The number of carbonyl (C=O) groups excluding carboxylic acids is 4. The molecule has 1 aliphatic heterocycles. The molecule has 1 saturated carbocycles. The van der Waals surface area contributed by atoms with E-state index in [0.717, 1.165) is 31.4 Å². The molecule has 2 atom stereocenters. The Morgan fingerprint density at radius 1 is 0.957 bits per heavy atom. The minimum atomic E-state index is -3.93. The van der Waals surface area contributed by atoms with Crippen LogP contribution in [0.2, 0.25) is 0 Å². The van der Waals surface area contributed by atoms with Crippen molar-refractivity contribution in [3.05, 3.63) is 59.4 Å². The summed E-state index contributed by atoms with van der Waals surface area (Å²) in [6.45, 7) is 4.10. The third-order valence-corrected chi connectivity index (χ3v) is 8.93. The molecule has 4 amide bonds. The molecular formula is C34H44F3N5O5. The van der Waals surface area contributed by atoms with Gasteiger partial charge in [0.1, 0.15) is 23.7 Å². The van der Waals surface area contributed by atoms with Gasteiger partial charge in [0, 0.05) is 44.6 Å². The molecule has 10 nitrogen and oxygen atoms in total. The van der Waals surface area contributed by atoms with Crippen LogP contribution < -0.4 is 20.7 Å². The van der Waals surface area contributed by atoms with Gasteiger partial charge in [0.15, 0.2) is 0 Å². The third kappa shape index (κ3) is 9.24. The Labute approximate surface area is 273 Å². The van der Waals surface area contributed by atoms with Crippen molar-refractivity contribution in [2.75, 3.05) is 45.7 Å². The monoisotopic (exact) mass is 659 g/mol. The van der Waals surface area contributed by atoms with E-state index in [9.17, 15) is 19.2 Å². The minimum Gasteiger partial charge on any atom is -0.497 e. The van der Waals surface area contributed by atoms with Gasteiger partial charge in [-0.25, -0.2) is 4.39 Å². The smallest absolute Gasteiger partial charge is 0.349 e. The topological polar surface area (TPSA) is 120 Å². The van der Waals surface area contributed by atoms with Crippen LogP contribution in [0.3, 0.4) is 0 Å². The summed E-state index contributed by atoms with van der Waals surface area (Å²) < 4.78 is 50.8. The van der Waals surface area contributed by atoms with Gasteiger partial charge in [0.05, 0.1) is 12.8 Å². The number of halogens is 3. The normalized spacial score (nSPS) is 17.4. The molecule has 0 aromatic heterocycles. The van der Waals surface area contributed by atoms with Crippen LogP contribution in [-0.4, -0.2) is 85.8 Å². The van der Waals surface area contributed by atoms with E-state index in [4.69, 9.17) is 4.74 Å². The Morgan fingerprint density at radius 2 is 1.62 bits per heavy atom. The van der Waals surface area contributed by atoms with E-state index < -0.39 is 47.1 Å². The largest absolute Gasteiger partial charge is 0.497 e. The molecule has 13 heteroatoms. The van der Waals surface area contributed by atoms with Crippen LogP contribution in [0.25, 0.3) is 0 Å². The number of benzene rings is 2. The van der Waals surface area contributed by atoms with Gasteiger partial charge >= 0.3 is 5.92 Å². The Balaban J connectivity index is 1.48. The van der Waals surface area contributed by atoms with E-state index in [1.807, 2.05) is 7.05 Å². The molecule has 256 valence electrons. The van der Waals surface area contributed by atoms with Crippen LogP contribution in [0.1, 0.15) is 56.6 Å². The molecule has 47 heavy (non-hydrogen) atoms. The lowest BCUT2D eigenvalue weighted by Gasteiger charge is -2.34. The second-order valence-electron chi connectivity index (χ2n) is 12.3. The number of carbonyl (C=O) groups is 4. The maximum atomic E-state index is 15.4. The Bertz CT molecular complexity index is 1410. The number of methoxy groups -OCH3 is 1. The van der Waals surface area contributed by atoms with Gasteiger partial charge in [-0.2, -0.15) is 8.78 Å². The highest BCUT2D eigenvalue weighted by atomic mass is 19.3. The maximum absolute atomic E-state index is 15.4. The fourth-order valence-corrected chi connectivity index (χ4v) is 6.01. The summed E-state index contributed by atoms with van der Waals surface area (Å²) in [5.74, 6) is -7.80. The molecule has 0 radical (unpaired) electrons. The number of likely N-dealkylation sites (N-methyl/N-ethyl adjacent to an activating group) is 1. The van der Waals surface area contributed by atoms with Gasteiger partial charge in [-0.3, -0.25) is 19.2 Å². The Hall–Kier alpha value is -4.13. The van der Waals surface area contributed by atoms with E-state index in [1.54, 1.807) is 11.8 Å². The first-order chi connectivity index (χ1) is 22.4. The summed E-state index contributed by atoms with van der Waals surface area (Å²) in [5.41, 5.74) is -0.337. The van der Waals surface area contributed by atoms with E-state index in [1.165, 1.54) is 37.4 Å². The van der Waals surface area contributed by atoms with Gasteiger partial charge in [0.25, 0.3) is 5.91 Å². The molecule has 1 aliphatic carbocycles. The lowest BCUT2D eigenvalue weighted by molar-refractivity contribution is -0.149. The molecule has 0 bridgehead atoms. The number of amides is 4. The molecule has 4 rings (SSSR count). The molecule has 3 N–H and O–H groups in total. The highest BCUT2D eigenvalue weighted by Crippen LogP contribution is 2.32. The van der Waals surface area contributed by atoms with Crippen molar-refractivity contribution < 1.29 is 37.1 Å². The molecule has 0 unspecified atom stereocenters. The van der Waals surface area contributed by atoms with Crippen LogP contribution >= 0.6 is 0 Å². The summed E-state index contributed by atoms with van der Waals surface area (Å²) in [7, 11) is 3.36. The molecular weight excluding hydrogens is 615 g/mol. The number of alkyl halides is 2. The molecule has 1 heterocycles. The second-order valence-corrected chi connectivity index (χ2v) is 12.3. The van der Waals surface area contributed by atoms with E-state index in [0.29, 0.717) is 50.3 Å². The predicted molar refractivity (Wildman–Crippen MR) is 170 cm³/mol. The van der Waals surface area contributed by atoms with Crippen LogP contribution in [0, 0.1) is 11.7 Å². The van der Waals surface area contributed by atoms with Crippen LogP contribution in [0.4, 0.5) is 18.9 Å². The highest BCUT2D eigenvalue weighted by molar-refractivity contribution is 5.98. The lowest BCUT2D eigenvalue weighted by atomic mass is 9.83. The van der Waals surface area contributed by atoms with Crippen molar-refractivity contribution in [3.63, 3.8) is 0 Å². The average molecular weight is 660 g/mol. The Morgan fingerprint density at radius 3 is 2.21 bits per heavy atom. The minimum absolute atomic E-state index is 0.0310. The quantitative estimate of drug-likeness (QED) is 0.319. The lowest BCUT2D eigenvalue weighted by Crippen LogP contribution is -2.54. The first-order valence-corrected chi connectivity index (χ1v) is 16.1. The Kier molecular flexibility index (Phi) is 12.3. The highest BCUT2D eigenvalue weighted by Gasteiger charge is 2.44. The van der Waals surface area contributed by atoms with Crippen molar-refractivity contribution in [1.29, 1.82) is 0 Å². The van der Waals surface area contributed by atoms with Crippen molar-refractivity contribution >= 4 is 29.3 Å². The maximum Gasteiger partial charge on any atom is 0.349 e. The first kappa shape index (κ1) is 35.7. The fraction of sp³-hybridized carbons (Fsp3) is 0.529. The SMILES string of the molecule is CCC(=O)N[C@H](Cc1ccc(NC(=O)[C@@H](NC(=O)C(F)(F)c2ccc(OC)cc2)C2CCCCC2)c(F)c1)C(=O)N1CCN(C)CC1. The molecule has 1 saturated heterocycles. The van der Waals surface area contributed by atoms with Gasteiger partial charge in [0.2, 0.25) is 17.7 Å². The number of ether oxygens (including phenoxy) is 1. The van der Waals surface area contributed by atoms with Gasteiger partial charge in [-0.05, 0) is 67.8 Å². The molecule has 2 aromatic rings. The van der Waals surface area contributed by atoms with Crippen LogP contribution in [0.5, 0.6) is 5.75 Å².